The predicted molar refractivity (Wildman–Crippen MR) is 116 cm³/mol. The fourth-order valence-corrected chi connectivity index (χ4v) is 3.20. The molecule has 29 heavy (non-hydrogen) atoms. The monoisotopic (exact) mass is 411 g/mol. The van der Waals surface area contributed by atoms with Crippen molar-refractivity contribution in [1.82, 2.24) is 5.32 Å². The van der Waals surface area contributed by atoms with Gasteiger partial charge < -0.3 is 5.32 Å². The van der Waals surface area contributed by atoms with Crippen molar-refractivity contribution in [2.24, 2.45) is 0 Å². The lowest BCUT2D eigenvalue weighted by Crippen LogP contribution is -2.35. The van der Waals surface area contributed by atoms with E-state index in [0.717, 1.165) is 11.1 Å². The van der Waals surface area contributed by atoms with E-state index in [1.54, 1.807) is 20.8 Å². The molecule has 0 saturated carbocycles. The van der Waals surface area contributed by atoms with Gasteiger partial charge in [0.2, 0.25) is 10.0 Å². The Balaban J connectivity index is 2.15. The molecule has 0 aliphatic carbocycles. The SMILES string of the molecule is C=C(CCNC(=O)c1ccc(C#N)cc1NS(=O)(=O)C(C)(C)C)c1ccccc1. The van der Waals surface area contributed by atoms with Gasteiger partial charge in [-0.05, 0) is 56.5 Å². The number of sulfonamides is 1. The third-order valence-electron chi connectivity index (χ3n) is 4.34. The first-order valence-corrected chi connectivity index (χ1v) is 10.6. The van der Waals surface area contributed by atoms with Gasteiger partial charge in [0, 0.05) is 6.54 Å². The summed E-state index contributed by atoms with van der Waals surface area (Å²) in [5.41, 5.74) is 2.38. The molecular formula is C22H25N3O3S. The molecular weight excluding hydrogens is 386 g/mol. The lowest BCUT2D eigenvalue weighted by Gasteiger charge is -2.21. The van der Waals surface area contributed by atoms with E-state index in [2.05, 4.69) is 16.6 Å². The molecule has 6 nitrogen and oxygen atoms in total. The Labute approximate surface area is 172 Å². The lowest BCUT2D eigenvalue weighted by molar-refractivity contribution is 0.0955. The highest BCUT2D eigenvalue weighted by molar-refractivity contribution is 7.94. The fourth-order valence-electron chi connectivity index (χ4n) is 2.43. The number of nitrogens with zero attached hydrogens (tertiary/aromatic N) is 1. The Kier molecular flexibility index (Phi) is 6.83. The van der Waals surface area contributed by atoms with Crippen LogP contribution < -0.4 is 10.0 Å². The number of hydrogen-bond donors (Lipinski definition) is 2. The number of nitrogens with one attached hydrogen (secondary N) is 2. The number of hydrogen-bond acceptors (Lipinski definition) is 4. The summed E-state index contributed by atoms with van der Waals surface area (Å²) in [5, 5.41) is 11.9. The molecule has 0 aliphatic rings. The van der Waals surface area contributed by atoms with E-state index in [9.17, 15) is 13.2 Å². The van der Waals surface area contributed by atoms with Gasteiger partial charge in [0.1, 0.15) is 0 Å². The van der Waals surface area contributed by atoms with Crippen molar-refractivity contribution in [3.05, 3.63) is 71.8 Å². The molecule has 0 saturated heterocycles. The van der Waals surface area contributed by atoms with Crippen LogP contribution in [0, 0.1) is 11.3 Å². The molecule has 0 bridgehead atoms. The van der Waals surface area contributed by atoms with Crippen molar-refractivity contribution in [2.75, 3.05) is 11.3 Å². The molecule has 2 aromatic carbocycles. The smallest absolute Gasteiger partial charge is 0.253 e. The van der Waals surface area contributed by atoms with E-state index >= 15 is 0 Å². The number of carbonyl (C=O) groups excluding carboxylic acids is 1. The quantitative estimate of drug-likeness (QED) is 0.721. The van der Waals surface area contributed by atoms with Crippen molar-refractivity contribution in [2.45, 2.75) is 31.9 Å². The standard InChI is InChI=1S/C22H25N3O3S/c1-16(18-8-6-5-7-9-18)12-13-24-21(26)19-11-10-17(15-23)14-20(19)25-29(27,28)22(2,3)4/h5-11,14,25H,1,12-13H2,2-4H3,(H,24,26). The van der Waals surface area contributed by atoms with E-state index < -0.39 is 20.7 Å². The van der Waals surface area contributed by atoms with Crippen LogP contribution >= 0.6 is 0 Å². The maximum Gasteiger partial charge on any atom is 0.253 e. The van der Waals surface area contributed by atoms with Gasteiger partial charge in [-0.3, -0.25) is 9.52 Å². The summed E-state index contributed by atoms with van der Waals surface area (Å²) < 4.78 is 26.4. The molecule has 7 heteroatoms. The van der Waals surface area contributed by atoms with Crippen molar-refractivity contribution in [1.29, 1.82) is 5.26 Å². The van der Waals surface area contributed by atoms with Gasteiger partial charge in [0.15, 0.2) is 0 Å². The van der Waals surface area contributed by atoms with Crippen LogP contribution in [0.2, 0.25) is 0 Å². The second kappa shape index (κ2) is 8.93. The van der Waals surface area contributed by atoms with Crippen LogP contribution in [0.1, 0.15) is 48.7 Å². The first kappa shape index (κ1) is 22.2. The van der Waals surface area contributed by atoms with Gasteiger partial charge in [0.25, 0.3) is 5.91 Å². The highest BCUT2D eigenvalue weighted by Gasteiger charge is 2.30. The lowest BCUT2D eigenvalue weighted by atomic mass is 10.0. The average molecular weight is 412 g/mol. The molecule has 0 aromatic heterocycles. The molecule has 0 fully saturated rings. The molecule has 2 N–H and O–H groups in total. The van der Waals surface area contributed by atoms with Crippen LogP contribution in [-0.4, -0.2) is 25.6 Å². The van der Waals surface area contributed by atoms with Crippen molar-refractivity contribution in [3.8, 4) is 6.07 Å². The van der Waals surface area contributed by atoms with Crippen molar-refractivity contribution in [3.63, 3.8) is 0 Å². The first-order valence-electron chi connectivity index (χ1n) is 9.13. The summed E-state index contributed by atoms with van der Waals surface area (Å²) in [7, 11) is -3.76. The number of rotatable bonds is 7. The normalized spacial score (nSPS) is 11.4. The Hall–Kier alpha value is -3.11. The predicted octanol–water partition coefficient (Wildman–Crippen LogP) is 3.93. The van der Waals surface area contributed by atoms with Gasteiger partial charge in [-0.1, -0.05) is 36.9 Å². The molecule has 0 unspecified atom stereocenters. The van der Waals surface area contributed by atoms with Gasteiger partial charge in [-0.2, -0.15) is 5.26 Å². The van der Waals surface area contributed by atoms with Crippen LogP contribution in [0.5, 0.6) is 0 Å². The van der Waals surface area contributed by atoms with Crippen LogP contribution in [0.3, 0.4) is 0 Å². The van der Waals surface area contributed by atoms with Crippen LogP contribution in [-0.2, 0) is 10.0 Å². The van der Waals surface area contributed by atoms with E-state index in [-0.39, 0.29) is 16.8 Å². The summed E-state index contributed by atoms with van der Waals surface area (Å²) in [5.74, 6) is -0.429. The molecule has 0 spiro atoms. The second-order valence-electron chi connectivity index (χ2n) is 7.57. The van der Waals surface area contributed by atoms with E-state index in [1.165, 1.54) is 18.2 Å². The second-order valence-corrected chi connectivity index (χ2v) is 10.0. The zero-order chi connectivity index (χ0) is 21.7. The molecule has 2 aromatic rings. The van der Waals surface area contributed by atoms with Crippen LogP contribution in [0.25, 0.3) is 5.57 Å². The van der Waals surface area contributed by atoms with Gasteiger partial charge >= 0.3 is 0 Å². The third-order valence-corrected chi connectivity index (χ3v) is 6.44. The Morgan fingerprint density at radius 1 is 1.14 bits per heavy atom. The molecule has 0 heterocycles. The molecule has 1 amide bonds. The summed E-state index contributed by atoms with van der Waals surface area (Å²) in [6.07, 6.45) is 0.551. The van der Waals surface area contributed by atoms with Crippen LogP contribution in [0.4, 0.5) is 5.69 Å². The molecule has 0 radical (unpaired) electrons. The highest BCUT2D eigenvalue weighted by Crippen LogP contribution is 2.24. The van der Waals surface area contributed by atoms with E-state index in [0.29, 0.717) is 13.0 Å². The zero-order valence-electron chi connectivity index (χ0n) is 16.8. The van der Waals surface area contributed by atoms with Crippen molar-refractivity contribution >= 4 is 27.2 Å². The number of amides is 1. The topological polar surface area (TPSA) is 99.1 Å². The number of nitriles is 1. The Morgan fingerprint density at radius 2 is 1.79 bits per heavy atom. The Bertz CT molecular complexity index is 1050. The summed E-state index contributed by atoms with van der Waals surface area (Å²) >= 11 is 0. The minimum Gasteiger partial charge on any atom is -0.352 e. The summed E-state index contributed by atoms with van der Waals surface area (Å²) in [6.45, 7) is 9.04. The van der Waals surface area contributed by atoms with E-state index in [4.69, 9.17) is 5.26 Å². The summed E-state index contributed by atoms with van der Waals surface area (Å²) in [6, 6.07) is 15.9. The van der Waals surface area contributed by atoms with Gasteiger partial charge in [0.05, 0.1) is 27.6 Å². The first-order chi connectivity index (χ1) is 13.5. The average Bonchev–Trinajstić information content (AvgIpc) is 2.67. The fraction of sp³-hybridized carbons (Fsp3) is 0.273. The van der Waals surface area contributed by atoms with Gasteiger partial charge in [-0.25, -0.2) is 8.42 Å². The molecule has 0 aliphatic heterocycles. The molecule has 2 rings (SSSR count). The number of anilines is 1. The largest absolute Gasteiger partial charge is 0.352 e. The number of carbonyl (C=O) groups is 1. The van der Waals surface area contributed by atoms with Crippen LogP contribution in [0.15, 0.2) is 55.1 Å². The van der Waals surface area contributed by atoms with Gasteiger partial charge in [-0.15, -0.1) is 0 Å². The molecule has 152 valence electrons. The minimum absolute atomic E-state index is 0.0818. The molecule has 0 atom stereocenters. The highest BCUT2D eigenvalue weighted by atomic mass is 32.2. The maximum atomic E-state index is 12.7. The third kappa shape index (κ3) is 5.69. The van der Waals surface area contributed by atoms with Crippen molar-refractivity contribution < 1.29 is 13.2 Å². The number of benzene rings is 2. The zero-order valence-corrected chi connectivity index (χ0v) is 17.6. The Morgan fingerprint density at radius 3 is 2.38 bits per heavy atom. The van der Waals surface area contributed by atoms with E-state index in [1.807, 2.05) is 36.4 Å². The maximum absolute atomic E-state index is 12.7. The summed E-state index contributed by atoms with van der Waals surface area (Å²) in [4.78, 5) is 12.7. The minimum atomic E-state index is -3.76.